The highest BCUT2D eigenvalue weighted by Gasteiger charge is 2.25. The van der Waals surface area contributed by atoms with E-state index in [1.54, 1.807) is 0 Å². The molecule has 1 aromatic carbocycles. The van der Waals surface area contributed by atoms with Gasteiger partial charge in [0.15, 0.2) is 0 Å². The molecule has 7 nitrogen and oxygen atoms in total. The lowest BCUT2D eigenvalue weighted by atomic mass is 9.97. The van der Waals surface area contributed by atoms with Crippen LogP contribution in [0.3, 0.4) is 0 Å². The Morgan fingerprint density at radius 2 is 1.83 bits per heavy atom. The average molecular weight is 428 g/mol. The Morgan fingerprint density at radius 1 is 1.10 bits per heavy atom. The van der Waals surface area contributed by atoms with E-state index in [-0.39, 0.29) is 17.3 Å². The minimum Gasteiger partial charge on any atom is -0.351 e. The second-order valence-electron chi connectivity index (χ2n) is 7.95. The summed E-state index contributed by atoms with van der Waals surface area (Å²) in [6.07, 6.45) is 4.01. The van der Waals surface area contributed by atoms with Crippen molar-refractivity contribution in [1.82, 2.24) is 19.9 Å². The van der Waals surface area contributed by atoms with Crippen molar-refractivity contribution in [2.24, 2.45) is 0 Å². The van der Waals surface area contributed by atoms with Gasteiger partial charge in [-0.1, -0.05) is 42.1 Å². The van der Waals surface area contributed by atoms with Gasteiger partial charge in [-0.2, -0.15) is 4.98 Å². The Hall–Kier alpha value is -2.32. The molecular weight excluding hydrogens is 398 g/mol. The lowest BCUT2D eigenvalue weighted by Crippen LogP contribution is -2.55. The van der Waals surface area contributed by atoms with Crippen LogP contribution in [0.2, 0.25) is 0 Å². The first kappa shape index (κ1) is 20.9. The second kappa shape index (κ2) is 9.66. The van der Waals surface area contributed by atoms with Gasteiger partial charge in [-0.3, -0.25) is 4.79 Å². The van der Waals surface area contributed by atoms with Crippen LogP contribution in [0, 0.1) is 0 Å². The molecule has 1 aliphatic carbocycles. The molecule has 1 N–H and O–H groups in total. The number of hydrogen-bond acceptors (Lipinski definition) is 6. The minimum absolute atomic E-state index is 0.0431. The lowest BCUT2D eigenvalue weighted by molar-refractivity contribution is -0.118. The highest BCUT2D eigenvalue weighted by molar-refractivity contribution is 7.99. The van der Waals surface area contributed by atoms with E-state index in [0.29, 0.717) is 6.54 Å². The van der Waals surface area contributed by atoms with Crippen LogP contribution in [0.4, 0.5) is 0 Å². The maximum absolute atomic E-state index is 12.9. The highest BCUT2D eigenvalue weighted by atomic mass is 32.2. The van der Waals surface area contributed by atoms with Gasteiger partial charge in [-0.05, 0) is 38.3 Å². The van der Waals surface area contributed by atoms with Crippen molar-refractivity contribution in [3.05, 3.63) is 57.6 Å². The van der Waals surface area contributed by atoms with Gasteiger partial charge >= 0.3 is 5.69 Å². The quantitative estimate of drug-likeness (QED) is 0.555. The molecule has 2 heterocycles. The molecule has 0 radical (unpaired) electrons. The van der Waals surface area contributed by atoms with Gasteiger partial charge in [-0.25, -0.2) is 9.47 Å². The molecule has 0 bridgehead atoms. The Bertz CT molecular complexity index is 939. The monoisotopic (exact) mass is 427 g/mol. The van der Waals surface area contributed by atoms with E-state index in [9.17, 15) is 9.59 Å². The molecule has 1 fully saturated rings. The first-order valence-corrected chi connectivity index (χ1v) is 11.6. The van der Waals surface area contributed by atoms with Gasteiger partial charge < -0.3 is 15.2 Å². The molecule has 2 aromatic rings. The summed E-state index contributed by atoms with van der Waals surface area (Å²) < 4.78 is 1.82. The molecular formula is C22H29N5O2S. The van der Waals surface area contributed by atoms with E-state index in [2.05, 4.69) is 27.3 Å². The first-order chi connectivity index (χ1) is 14.6. The number of likely N-dealkylation sites (N-methyl/N-ethyl adjacent to an activating group) is 1. The molecule has 1 aromatic heterocycles. The summed E-state index contributed by atoms with van der Waals surface area (Å²) in [6.45, 7) is 4.06. The molecule has 1 aliphatic heterocycles. The largest absolute Gasteiger partial charge is 0.367 e. The summed E-state index contributed by atoms with van der Waals surface area (Å²) in [5, 5.41) is 5.82. The van der Waals surface area contributed by atoms with Crippen LogP contribution in [0.15, 0.2) is 40.2 Å². The summed E-state index contributed by atoms with van der Waals surface area (Å²) in [5.41, 5.74) is 3.10. The summed E-state index contributed by atoms with van der Waals surface area (Å²) in [5.74, 6) is 0.225. The van der Waals surface area contributed by atoms with Gasteiger partial charge in [-0.15, -0.1) is 0 Å². The molecule has 30 heavy (non-hydrogen) atoms. The van der Waals surface area contributed by atoms with Crippen molar-refractivity contribution in [1.29, 1.82) is 0 Å². The molecule has 0 unspecified atom stereocenters. The van der Waals surface area contributed by atoms with Gasteiger partial charge in [0.2, 0.25) is 5.91 Å². The fraction of sp³-hybridized carbons (Fsp3) is 0.500. The zero-order valence-electron chi connectivity index (χ0n) is 17.5. The summed E-state index contributed by atoms with van der Waals surface area (Å²) in [7, 11) is 2.11. The molecule has 0 spiro atoms. The van der Waals surface area contributed by atoms with Crippen molar-refractivity contribution in [3.8, 4) is 0 Å². The number of nitrogens with zero attached hydrogens (tertiary/aromatic N) is 4. The summed E-state index contributed by atoms with van der Waals surface area (Å²) >= 11 is 1.38. The van der Waals surface area contributed by atoms with Gasteiger partial charge in [0.1, 0.15) is 5.03 Å². The molecule has 0 saturated carbocycles. The van der Waals surface area contributed by atoms with E-state index < -0.39 is 0 Å². The fourth-order valence-electron chi connectivity index (χ4n) is 4.06. The molecule has 4 rings (SSSR count). The fourth-order valence-corrected chi connectivity index (χ4v) is 4.97. The number of carbonyl (C=O) groups is 1. The number of carbonyl (C=O) groups excluding carboxylic acids is 1. The zero-order chi connectivity index (χ0) is 20.9. The van der Waals surface area contributed by atoms with Gasteiger partial charge in [0.25, 0.3) is 0 Å². The summed E-state index contributed by atoms with van der Waals surface area (Å²) in [6, 6.07) is 9.86. The molecule has 2 aliphatic rings. The first-order valence-electron chi connectivity index (χ1n) is 10.6. The Balaban J connectivity index is 1.46. The molecule has 1 saturated heterocycles. The Morgan fingerprint density at radius 3 is 2.60 bits per heavy atom. The van der Waals surface area contributed by atoms with Crippen molar-refractivity contribution >= 4 is 17.7 Å². The molecule has 0 atom stereocenters. The molecule has 8 heteroatoms. The SMILES string of the molecule is CN1CCN(n2c3c(c(SCC(=O)NCc4ccccc4)nc2=O)CCCC3)CC1. The number of piperazine rings is 1. The van der Waals surface area contributed by atoms with E-state index in [1.807, 2.05) is 35.0 Å². The smallest absolute Gasteiger partial charge is 0.351 e. The zero-order valence-corrected chi connectivity index (χ0v) is 18.3. The van der Waals surface area contributed by atoms with E-state index in [0.717, 1.165) is 73.7 Å². The van der Waals surface area contributed by atoms with Crippen molar-refractivity contribution in [2.45, 2.75) is 37.3 Å². The van der Waals surface area contributed by atoms with E-state index >= 15 is 0 Å². The third kappa shape index (κ3) is 4.87. The molecule has 1 amide bonds. The van der Waals surface area contributed by atoms with Gasteiger partial charge in [0.05, 0.1) is 11.4 Å². The van der Waals surface area contributed by atoms with E-state index in [4.69, 9.17) is 0 Å². The van der Waals surface area contributed by atoms with Crippen molar-refractivity contribution in [3.63, 3.8) is 0 Å². The van der Waals surface area contributed by atoms with Crippen LogP contribution < -0.4 is 16.0 Å². The maximum atomic E-state index is 12.9. The van der Waals surface area contributed by atoms with Crippen LogP contribution in [0.1, 0.15) is 29.7 Å². The van der Waals surface area contributed by atoms with Crippen LogP contribution >= 0.6 is 11.8 Å². The minimum atomic E-state index is -0.215. The van der Waals surface area contributed by atoms with Crippen LogP contribution in [0.25, 0.3) is 0 Å². The summed E-state index contributed by atoms with van der Waals surface area (Å²) in [4.78, 5) is 31.9. The third-order valence-electron chi connectivity index (χ3n) is 5.77. The number of nitrogens with one attached hydrogen (secondary N) is 1. The number of aromatic nitrogens is 2. The molecule has 160 valence electrons. The number of rotatable bonds is 6. The van der Waals surface area contributed by atoms with E-state index in [1.165, 1.54) is 11.8 Å². The second-order valence-corrected chi connectivity index (χ2v) is 8.92. The average Bonchev–Trinajstić information content (AvgIpc) is 2.78. The van der Waals surface area contributed by atoms with Crippen LogP contribution in [-0.2, 0) is 24.2 Å². The third-order valence-corrected chi connectivity index (χ3v) is 6.78. The predicted octanol–water partition coefficient (Wildman–Crippen LogP) is 1.41. The number of fused-ring (bicyclic) bond motifs is 1. The number of benzene rings is 1. The number of thioether (sulfide) groups is 1. The highest BCUT2D eigenvalue weighted by Crippen LogP contribution is 2.28. The van der Waals surface area contributed by atoms with Gasteiger partial charge in [0, 0.05) is 38.3 Å². The Labute approximate surface area is 181 Å². The standard InChI is InChI=1S/C22H29N5O2S/c1-25-11-13-26(14-12-25)27-19-10-6-5-9-18(19)21(24-22(27)29)30-16-20(28)23-15-17-7-3-2-4-8-17/h2-4,7-8H,5-6,9-16H2,1H3,(H,23,28). The Kier molecular flexibility index (Phi) is 6.74. The number of hydrogen-bond donors (Lipinski definition) is 1. The van der Waals surface area contributed by atoms with Crippen LogP contribution in [-0.4, -0.2) is 59.4 Å². The normalized spacial score (nSPS) is 16.9. The topological polar surface area (TPSA) is 70.5 Å². The van der Waals surface area contributed by atoms with Crippen LogP contribution in [0.5, 0.6) is 0 Å². The lowest BCUT2D eigenvalue weighted by Gasteiger charge is -2.37. The van der Waals surface area contributed by atoms with Crippen molar-refractivity contribution in [2.75, 3.05) is 44.0 Å². The number of amides is 1. The predicted molar refractivity (Wildman–Crippen MR) is 120 cm³/mol. The van der Waals surface area contributed by atoms with Crippen molar-refractivity contribution < 1.29 is 4.79 Å². The maximum Gasteiger partial charge on any atom is 0.367 e.